The molecule has 6 aromatic rings. The van der Waals surface area contributed by atoms with Gasteiger partial charge in [0.15, 0.2) is 23.3 Å². The zero-order valence-electron chi connectivity index (χ0n) is 25.3. The van der Waals surface area contributed by atoms with Crippen LogP contribution in [-0.2, 0) is 16.8 Å². The van der Waals surface area contributed by atoms with E-state index in [1.165, 1.54) is 0 Å². The third-order valence-electron chi connectivity index (χ3n) is 4.40. The van der Waals surface area contributed by atoms with E-state index in [9.17, 15) is 75.5 Å². The van der Waals surface area contributed by atoms with Crippen LogP contribution in [0.5, 0.6) is 0 Å². The molecule has 10 nitrogen and oxygen atoms in total. The van der Waals surface area contributed by atoms with Gasteiger partial charge in [-0.2, -0.15) is 20.4 Å². The van der Waals surface area contributed by atoms with Crippen LogP contribution >= 0.6 is 23.4 Å². The monoisotopic (exact) mass is 916 g/mol. The van der Waals surface area contributed by atoms with E-state index in [1.807, 2.05) is 85.5 Å². The van der Waals surface area contributed by atoms with Crippen molar-refractivity contribution in [1.82, 2.24) is 49.1 Å². The molecule has 0 atom stereocenters. The molecule has 0 aliphatic rings. The van der Waals surface area contributed by atoms with E-state index >= 15 is 0 Å². The molecule has 0 amide bonds. The summed E-state index contributed by atoms with van der Waals surface area (Å²) in [5.41, 5.74) is 0. The number of hydrogen-bond acceptors (Lipinski definition) is 6. The third kappa shape index (κ3) is 29.2. The Hall–Kier alpha value is -4.32. The standard InChI is InChI=1S/2C11H9N5.Co.3F6P/c2*1-4-10(15-8-2-6-12-15)14-11(5-1)16-9-3-7-13-16;;3*1-7(2,3,4,5)6/h2*1-9H;;;;/q;;+3;3*-1. The minimum Gasteiger partial charge on any atom is -0.223 e. The number of pyridine rings is 2. The average Bonchev–Trinajstić information content (AvgIpc) is 3.77. The summed E-state index contributed by atoms with van der Waals surface area (Å²) in [5, 5.41) is 16.5. The van der Waals surface area contributed by atoms with Gasteiger partial charge in [0, 0.05) is 49.6 Å². The molecule has 6 heterocycles. The van der Waals surface area contributed by atoms with Gasteiger partial charge in [-0.3, -0.25) is 0 Å². The molecule has 0 radical (unpaired) electrons. The molecule has 0 spiro atoms. The maximum atomic E-state index is 9.87. The van der Waals surface area contributed by atoms with Gasteiger partial charge in [0.2, 0.25) is 0 Å². The first-order chi connectivity index (χ1) is 23.2. The SMILES string of the molecule is F[P-](F)(F)(F)(F)F.F[P-](F)(F)(F)(F)F.F[P-](F)(F)(F)(F)F.[Co+3].c1cc(-n2cccn2)nc(-n2cccn2)c1.c1cc(-n2cccn2)nc(-n2cccn2)c1. The molecule has 0 N–H and O–H groups in total. The van der Waals surface area contributed by atoms with E-state index in [2.05, 4.69) is 30.4 Å². The van der Waals surface area contributed by atoms with Crippen molar-refractivity contribution in [2.45, 2.75) is 0 Å². The van der Waals surface area contributed by atoms with E-state index in [0.29, 0.717) is 0 Å². The molecule has 0 bridgehead atoms. The Kier molecular flexibility index (Phi) is 12.4. The quantitative estimate of drug-likeness (QED) is 0.129. The predicted molar refractivity (Wildman–Crippen MR) is 158 cm³/mol. The van der Waals surface area contributed by atoms with Crippen LogP contribution in [0.3, 0.4) is 0 Å². The molecule has 54 heavy (non-hydrogen) atoms. The summed E-state index contributed by atoms with van der Waals surface area (Å²) in [6.07, 6.45) is 14.3. The van der Waals surface area contributed by atoms with Crippen molar-refractivity contribution in [2.24, 2.45) is 0 Å². The molecule has 0 fully saturated rings. The minimum absolute atomic E-state index is 0. The minimum atomic E-state index is -10.7. The number of halogens is 18. The van der Waals surface area contributed by atoms with Gasteiger partial charge in [0.05, 0.1) is 0 Å². The molecule has 6 aromatic heterocycles. The van der Waals surface area contributed by atoms with Crippen LogP contribution in [0.25, 0.3) is 23.3 Å². The molecule has 32 heteroatoms. The van der Waals surface area contributed by atoms with Crippen molar-refractivity contribution in [1.29, 1.82) is 0 Å². The molecule has 0 aliphatic heterocycles. The fraction of sp³-hybridized carbons (Fsp3) is 0. The summed E-state index contributed by atoms with van der Waals surface area (Å²) in [6.45, 7) is 0. The molecule has 306 valence electrons. The van der Waals surface area contributed by atoms with Crippen LogP contribution in [0.4, 0.5) is 75.5 Å². The molecule has 0 aromatic carbocycles. The summed E-state index contributed by atoms with van der Waals surface area (Å²) < 4.78 is 184. The summed E-state index contributed by atoms with van der Waals surface area (Å²) in [6, 6.07) is 18.9. The molecular formula is C22H18CoF18N10P3. The molecule has 0 aliphatic carbocycles. The normalized spacial score (nSPS) is 15.2. The Bertz CT molecular complexity index is 1730. The first-order valence-electron chi connectivity index (χ1n) is 12.9. The van der Waals surface area contributed by atoms with Gasteiger partial charge in [-0.1, -0.05) is 12.1 Å². The van der Waals surface area contributed by atoms with Crippen LogP contribution < -0.4 is 0 Å². The fourth-order valence-corrected chi connectivity index (χ4v) is 2.95. The largest absolute Gasteiger partial charge is 3.00 e. The van der Waals surface area contributed by atoms with Crippen LogP contribution in [-0.4, -0.2) is 49.1 Å². The van der Waals surface area contributed by atoms with Crippen molar-refractivity contribution < 1.29 is 92.3 Å². The number of aromatic nitrogens is 10. The Balaban J connectivity index is 0.000000359. The maximum absolute atomic E-state index is 10.7. The fourth-order valence-electron chi connectivity index (χ4n) is 2.95. The van der Waals surface area contributed by atoms with Gasteiger partial charge in [0.25, 0.3) is 0 Å². The summed E-state index contributed by atoms with van der Waals surface area (Å²) in [4.78, 5) is 8.92. The van der Waals surface area contributed by atoms with Gasteiger partial charge >= 0.3 is 116 Å². The molecule has 0 unspecified atom stereocenters. The second-order valence-electron chi connectivity index (χ2n) is 9.39. The zero-order valence-corrected chi connectivity index (χ0v) is 29.1. The van der Waals surface area contributed by atoms with E-state index in [0.717, 1.165) is 23.3 Å². The van der Waals surface area contributed by atoms with Gasteiger partial charge in [0.1, 0.15) is 0 Å². The first-order valence-corrected chi connectivity index (χ1v) is 18.9. The van der Waals surface area contributed by atoms with E-state index < -0.39 is 23.4 Å². The Morgan fingerprint density at radius 1 is 0.315 bits per heavy atom. The van der Waals surface area contributed by atoms with Crippen molar-refractivity contribution in [2.75, 3.05) is 0 Å². The van der Waals surface area contributed by atoms with Gasteiger partial charge in [-0.05, 0) is 48.5 Å². The Labute approximate surface area is 298 Å². The van der Waals surface area contributed by atoms with Crippen molar-refractivity contribution in [3.8, 4) is 23.3 Å². The second-order valence-corrected chi connectivity index (χ2v) is 15.1. The summed E-state index contributed by atoms with van der Waals surface area (Å²) >= 11 is 0. The van der Waals surface area contributed by atoms with Gasteiger partial charge in [-0.25, -0.2) is 28.7 Å². The van der Waals surface area contributed by atoms with E-state index in [4.69, 9.17) is 0 Å². The molecular weight excluding hydrogens is 898 g/mol. The van der Waals surface area contributed by atoms with Crippen LogP contribution in [0, 0.1) is 0 Å². The van der Waals surface area contributed by atoms with Crippen molar-refractivity contribution >= 4 is 23.4 Å². The summed E-state index contributed by atoms with van der Waals surface area (Å²) in [7, 11) is -32.0. The number of hydrogen-bond donors (Lipinski definition) is 0. The van der Waals surface area contributed by atoms with Gasteiger partial charge < -0.3 is 0 Å². The van der Waals surface area contributed by atoms with Crippen molar-refractivity contribution in [3.63, 3.8) is 0 Å². The summed E-state index contributed by atoms with van der Waals surface area (Å²) in [5.74, 6) is 3.10. The Morgan fingerprint density at radius 2 is 0.481 bits per heavy atom. The maximum Gasteiger partial charge on any atom is 3.00 e. The predicted octanol–water partition coefficient (Wildman–Crippen LogP) is 13.1. The third-order valence-corrected chi connectivity index (χ3v) is 4.40. The van der Waals surface area contributed by atoms with E-state index in [-0.39, 0.29) is 16.8 Å². The topological polar surface area (TPSA) is 97.1 Å². The molecule has 6 rings (SSSR count). The number of rotatable bonds is 4. The second kappa shape index (κ2) is 14.1. The van der Waals surface area contributed by atoms with E-state index in [1.54, 1.807) is 43.5 Å². The molecule has 0 saturated carbocycles. The zero-order chi connectivity index (χ0) is 40.8. The van der Waals surface area contributed by atoms with Gasteiger partial charge in [-0.15, -0.1) is 0 Å². The van der Waals surface area contributed by atoms with Crippen molar-refractivity contribution in [3.05, 3.63) is 110 Å². The van der Waals surface area contributed by atoms with Crippen LogP contribution in [0.1, 0.15) is 0 Å². The average molecular weight is 916 g/mol. The van der Waals surface area contributed by atoms with Crippen LogP contribution in [0.2, 0.25) is 0 Å². The number of nitrogens with zero attached hydrogens (tertiary/aromatic N) is 10. The molecule has 0 saturated heterocycles. The smallest absolute Gasteiger partial charge is 0.223 e. The van der Waals surface area contributed by atoms with Crippen LogP contribution in [0.15, 0.2) is 110 Å². The Morgan fingerprint density at radius 3 is 0.611 bits per heavy atom. The first kappa shape index (κ1) is 47.7.